The molecular formula is C18H22N2O3. The predicted octanol–water partition coefficient (Wildman–Crippen LogP) is 3.88. The van der Waals surface area contributed by atoms with Gasteiger partial charge in [-0.25, -0.2) is 0 Å². The Kier molecular flexibility index (Phi) is 6.11. The molecule has 0 N–H and O–H groups in total. The van der Waals surface area contributed by atoms with E-state index in [1.807, 2.05) is 18.2 Å². The molecule has 0 aliphatic carbocycles. The summed E-state index contributed by atoms with van der Waals surface area (Å²) in [6, 6.07) is 17.1. The van der Waals surface area contributed by atoms with E-state index in [1.165, 1.54) is 11.6 Å². The highest BCUT2D eigenvalue weighted by Gasteiger charge is 2.15. The van der Waals surface area contributed by atoms with Crippen molar-refractivity contribution in [3.63, 3.8) is 0 Å². The zero-order valence-corrected chi connectivity index (χ0v) is 13.5. The van der Waals surface area contributed by atoms with Crippen molar-refractivity contribution in [2.24, 2.45) is 0 Å². The third-order valence-electron chi connectivity index (χ3n) is 3.66. The first-order valence-electron chi connectivity index (χ1n) is 7.72. The summed E-state index contributed by atoms with van der Waals surface area (Å²) < 4.78 is 5.63. The first-order chi connectivity index (χ1) is 11.1. The molecule has 0 atom stereocenters. The van der Waals surface area contributed by atoms with E-state index in [0.717, 1.165) is 6.54 Å². The monoisotopic (exact) mass is 314 g/mol. The number of nitrogens with zero attached hydrogens (tertiary/aromatic N) is 2. The third kappa shape index (κ3) is 5.07. The summed E-state index contributed by atoms with van der Waals surface area (Å²) in [6.07, 6.45) is 0. The largest absolute Gasteiger partial charge is 0.485 e. The maximum Gasteiger partial charge on any atom is 0.310 e. The Morgan fingerprint density at radius 1 is 1.09 bits per heavy atom. The molecule has 0 fully saturated rings. The van der Waals surface area contributed by atoms with Crippen LogP contribution in [0.25, 0.3) is 0 Å². The first kappa shape index (κ1) is 17.0. The van der Waals surface area contributed by atoms with E-state index in [-0.39, 0.29) is 5.69 Å². The van der Waals surface area contributed by atoms with Crippen LogP contribution in [0, 0.1) is 10.1 Å². The smallest absolute Gasteiger partial charge is 0.310 e. The maximum absolute atomic E-state index is 11.0. The Morgan fingerprint density at radius 2 is 1.74 bits per heavy atom. The van der Waals surface area contributed by atoms with Crippen LogP contribution in [0.4, 0.5) is 5.69 Å². The second-order valence-corrected chi connectivity index (χ2v) is 5.62. The molecule has 122 valence electrons. The summed E-state index contributed by atoms with van der Waals surface area (Å²) in [4.78, 5) is 12.8. The highest BCUT2D eigenvalue weighted by atomic mass is 16.6. The summed E-state index contributed by atoms with van der Waals surface area (Å²) in [7, 11) is 0. The summed E-state index contributed by atoms with van der Waals surface area (Å²) in [5.74, 6) is 0.320. The van der Waals surface area contributed by atoms with Crippen LogP contribution in [0.1, 0.15) is 19.4 Å². The van der Waals surface area contributed by atoms with Crippen LogP contribution in [0.3, 0.4) is 0 Å². The van der Waals surface area contributed by atoms with E-state index in [2.05, 4.69) is 30.9 Å². The normalized spacial score (nSPS) is 11.0. The second kappa shape index (κ2) is 8.29. The molecule has 0 saturated heterocycles. The van der Waals surface area contributed by atoms with E-state index < -0.39 is 4.92 Å². The molecule has 2 rings (SSSR count). The van der Waals surface area contributed by atoms with Gasteiger partial charge in [0.1, 0.15) is 6.61 Å². The van der Waals surface area contributed by atoms with Gasteiger partial charge in [0.05, 0.1) is 4.92 Å². The number of para-hydroxylation sites is 2. The Labute approximate surface area is 136 Å². The van der Waals surface area contributed by atoms with E-state index in [0.29, 0.717) is 24.9 Å². The van der Waals surface area contributed by atoms with E-state index in [1.54, 1.807) is 18.2 Å². The molecule has 0 aliphatic heterocycles. The van der Waals surface area contributed by atoms with Gasteiger partial charge in [-0.05, 0) is 25.5 Å². The van der Waals surface area contributed by atoms with Crippen molar-refractivity contribution >= 4 is 5.69 Å². The zero-order chi connectivity index (χ0) is 16.7. The Hall–Kier alpha value is -2.40. The quantitative estimate of drug-likeness (QED) is 0.548. The summed E-state index contributed by atoms with van der Waals surface area (Å²) in [6.45, 7) is 6.22. The molecule has 23 heavy (non-hydrogen) atoms. The lowest BCUT2D eigenvalue weighted by molar-refractivity contribution is -0.385. The molecule has 0 bridgehead atoms. The summed E-state index contributed by atoms with van der Waals surface area (Å²) >= 11 is 0. The summed E-state index contributed by atoms with van der Waals surface area (Å²) in [5.41, 5.74) is 1.25. The standard InChI is InChI=1S/C18H22N2O3/c1-15(2)19(14-16-8-4-3-5-9-16)12-13-23-18-11-7-6-10-17(18)20(21)22/h3-11,15H,12-14H2,1-2H3. The lowest BCUT2D eigenvalue weighted by Gasteiger charge is -2.26. The topological polar surface area (TPSA) is 55.6 Å². The molecule has 0 aromatic heterocycles. The van der Waals surface area contributed by atoms with Crippen molar-refractivity contribution in [2.45, 2.75) is 26.4 Å². The van der Waals surface area contributed by atoms with E-state index in [9.17, 15) is 10.1 Å². The number of ether oxygens (including phenoxy) is 1. The van der Waals surface area contributed by atoms with Crippen LogP contribution in [-0.4, -0.2) is 29.0 Å². The van der Waals surface area contributed by atoms with Crippen molar-refractivity contribution in [3.8, 4) is 5.75 Å². The van der Waals surface area contributed by atoms with Crippen molar-refractivity contribution in [3.05, 3.63) is 70.3 Å². The zero-order valence-electron chi connectivity index (χ0n) is 13.5. The molecule has 0 aliphatic rings. The molecule has 0 unspecified atom stereocenters. The van der Waals surface area contributed by atoms with Crippen LogP contribution >= 0.6 is 0 Å². The minimum Gasteiger partial charge on any atom is -0.485 e. The fourth-order valence-corrected chi connectivity index (χ4v) is 2.34. The molecule has 5 nitrogen and oxygen atoms in total. The van der Waals surface area contributed by atoms with Gasteiger partial charge in [-0.2, -0.15) is 0 Å². The van der Waals surface area contributed by atoms with Gasteiger partial charge in [0, 0.05) is 25.2 Å². The van der Waals surface area contributed by atoms with Crippen LogP contribution in [0.5, 0.6) is 5.75 Å². The molecule has 0 radical (unpaired) electrons. The minimum atomic E-state index is -0.417. The van der Waals surface area contributed by atoms with Gasteiger partial charge < -0.3 is 4.74 Å². The van der Waals surface area contributed by atoms with Crippen LogP contribution in [-0.2, 0) is 6.54 Å². The van der Waals surface area contributed by atoms with Gasteiger partial charge in [-0.15, -0.1) is 0 Å². The summed E-state index contributed by atoms with van der Waals surface area (Å²) in [5, 5.41) is 11.0. The number of nitro groups is 1. The Bertz CT molecular complexity index is 629. The molecule has 2 aromatic carbocycles. The molecule has 0 amide bonds. The second-order valence-electron chi connectivity index (χ2n) is 5.62. The molecule has 0 heterocycles. The minimum absolute atomic E-state index is 0.00616. The number of rotatable bonds is 8. The molecule has 2 aromatic rings. The fraction of sp³-hybridized carbons (Fsp3) is 0.333. The third-order valence-corrected chi connectivity index (χ3v) is 3.66. The highest BCUT2D eigenvalue weighted by Crippen LogP contribution is 2.25. The molecule has 0 spiro atoms. The number of hydrogen-bond acceptors (Lipinski definition) is 4. The van der Waals surface area contributed by atoms with E-state index >= 15 is 0 Å². The van der Waals surface area contributed by atoms with Crippen molar-refractivity contribution < 1.29 is 9.66 Å². The van der Waals surface area contributed by atoms with Crippen LogP contribution < -0.4 is 4.74 Å². The Morgan fingerprint density at radius 3 is 2.39 bits per heavy atom. The van der Waals surface area contributed by atoms with Crippen LogP contribution in [0.2, 0.25) is 0 Å². The van der Waals surface area contributed by atoms with Crippen LogP contribution in [0.15, 0.2) is 54.6 Å². The van der Waals surface area contributed by atoms with Gasteiger partial charge in [0.15, 0.2) is 5.75 Å². The highest BCUT2D eigenvalue weighted by molar-refractivity contribution is 5.45. The fourth-order valence-electron chi connectivity index (χ4n) is 2.34. The number of benzene rings is 2. The Balaban J connectivity index is 1.94. The van der Waals surface area contributed by atoms with E-state index in [4.69, 9.17) is 4.74 Å². The molecule has 5 heteroatoms. The predicted molar refractivity (Wildman–Crippen MR) is 90.6 cm³/mol. The maximum atomic E-state index is 11.0. The first-order valence-corrected chi connectivity index (χ1v) is 7.72. The average Bonchev–Trinajstić information content (AvgIpc) is 2.55. The van der Waals surface area contributed by atoms with Gasteiger partial charge in [-0.1, -0.05) is 42.5 Å². The van der Waals surface area contributed by atoms with Crippen molar-refractivity contribution in [1.29, 1.82) is 0 Å². The molecule has 0 saturated carbocycles. The molecular weight excluding hydrogens is 292 g/mol. The van der Waals surface area contributed by atoms with Gasteiger partial charge in [0.2, 0.25) is 0 Å². The number of nitro benzene ring substituents is 1. The number of hydrogen-bond donors (Lipinski definition) is 0. The van der Waals surface area contributed by atoms with Crippen molar-refractivity contribution in [2.75, 3.05) is 13.2 Å². The SMILES string of the molecule is CC(C)N(CCOc1ccccc1[N+](=O)[O-])Cc1ccccc1. The van der Waals surface area contributed by atoms with Crippen molar-refractivity contribution in [1.82, 2.24) is 4.90 Å². The van der Waals surface area contributed by atoms with Gasteiger partial charge in [-0.3, -0.25) is 15.0 Å². The van der Waals surface area contributed by atoms with Gasteiger partial charge in [0.25, 0.3) is 0 Å². The van der Waals surface area contributed by atoms with Gasteiger partial charge >= 0.3 is 5.69 Å². The average molecular weight is 314 g/mol. The lowest BCUT2D eigenvalue weighted by atomic mass is 10.2. The lowest BCUT2D eigenvalue weighted by Crippen LogP contribution is -2.34.